The van der Waals surface area contributed by atoms with Gasteiger partial charge in [0, 0.05) is 31.1 Å². The predicted octanol–water partition coefficient (Wildman–Crippen LogP) is 1.31. The molecule has 178 valence electrons. The van der Waals surface area contributed by atoms with Crippen molar-refractivity contribution in [1.82, 2.24) is 0 Å². The van der Waals surface area contributed by atoms with E-state index in [4.69, 9.17) is 14.2 Å². The van der Waals surface area contributed by atoms with Crippen LogP contribution in [0.4, 0.5) is 0 Å². The molecule has 6 rings (SSSR count). The van der Waals surface area contributed by atoms with E-state index in [0.29, 0.717) is 31.3 Å². The first-order valence-electron chi connectivity index (χ1n) is 11.6. The van der Waals surface area contributed by atoms with Crippen LogP contribution in [0.3, 0.4) is 0 Å². The van der Waals surface area contributed by atoms with Gasteiger partial charge in [0.05, 0.1) is 18.1 Å². The summed E-state index contributed by atoms with van der Waals surface area (Å²) in [4.78, 5) is 24.2. The van der Waals surface area contributed by atoms with Crippen LogP contribution in [0.15, 0.2) is 12.2 Å². The van der Waals surface area contributed by atoms with Gasteiger partial charge in [-0.1, -0.05) is 20.4 Å². The highest BCUT2D eigenvalue weighted by atomic mass is 16.7. The quantitative estimate of drug-likeness (QED) is 0.425. The van der Waals surface area contributed by atoms with E-state index in [0.717, 1.165) is 0 Å². The van der Waals surface area contributed by atoms with Crippen LogP contribution >= 0.6 is 0 Å². The number of aliphatic hydroxyl groups is 3. The number of carbonyl (C=O) groups is 2. The van der Waals surface area contributed by atoms with Crippen LogP contribution in [-0.2, 0) is 23.8 Å². The molecule has 0 amide bonds. The lowest BCUT2D eigenvalue weighted by molar-refractivity contribution is -0.476. The highest BCUT2D eigenvalue weighted by molar-refractivity contribution is 5.67. The molecule has 10 atom stereocenters. The molecule has 6 fully saturated rings. The van der Waals surface area contributed by atoms with Crippen molar-refractivity contribution < 1.29 is 39.1 Å². The zero-order valence-electron chi connectivity index (χ0n) is 19.2. The van der Waals surface area contributed by atoms with Gasteiger partial charge in [0.1, 0.15) is 18.3 Å². The van der Waals surface area contributed by atoms with Crippen molar-refractivity contribution in [2.45, 2.75) is 83.6 Å². The maximum atomic E-state index is 12.1. The lowest BCUT2D eigenvalue weighted by Crippen LogP contribution is -2.86. The lowest BCUT2D eigenvalue weighted by atomic mass is 9.35. The van der Waals surface area contributed by atoms with Gasteiger partial charge in [-0.25, -0.2) is 0 Å². The molecule has 0 aromatic carbocycles. The second kappa shape index (κ2) is 6.56. The summed E-state index contributed by atoms with van der Waals surface area (Å²) in [5, 5.41) is 35.5. The Morgan fingerprint density at radius 3 is 2.34 bits per heavy atom. The van der Waals surface area contributed by atoms with E-state index >= 15 is 0 Å². The van der Waals surface area contributed by atoms with E-state index in [1.54, 1.807) is 0 Å². The number of fused-ring (bicyclic) bond motifs is 2. The molecule has 2 spiro atoms. The van der Waals surface area contributed by atoms with Gasteiger partial charge in [0.25, 0.3) is 0 Å². The third kappa shape index (κ3) is 2.27. The molecule has 32 heavy (non-hydrogen) atoms. The van der Waals surface area contributed by atoms with Crippen molar-refractivity contribution in [2.75, 3.05) is 6.61 Å². The van der Waals surface area contributed by atoms with Crippen LogP contribution in [0.5, 0.6) is 0 Å². The molecule has 4 bridgehead atoms. The summed E-state index contributed by atoms with van der Waals surface area (Å²) in [6, 6.07) is 0. The highest BCUT2D eigenvalue weighted by Crippen LogP contribution is 2.78. The number of carbonyl (C=O) groups excluding carboxylic acids is 2. The molecule has 2 saturated heterocycles. The van der Waals surface area contributed by atoms with Crippen molar-refractivity contribution in [3.63, 3.8) is 0 Å². The molecule has 6 aliphatic rings. The summed E-state index contributed by atoms with van der Waals surface area (Å²) in [6.07, 6.45) is -1.52. The van der Waals surface area contributed by atoms with Crippen molar-refractivity contribution in [3.8, 4) is 0 Å². The molecule has 0 aromatic heterocycles. The number of rotatable bonds is 2. The summed E-state index contributed by atoms with van der Waals surface area (Å²) < 4.78 is 17.7. The van der Waals surface area contributed by atoms with Crippen molar-refractivity contribution in [3.05, 3.63) is 12.2 Å². The Labute approximate surface area is 187 Å². The first-order chi connectivity index (χ1) is 14.9. The molecule has 0 unspecified atom stereocenters. The standard InChI is InChI=1S/C24H34O8/c1-11-14-6-7-15-22-10-30-24(29,23(15,18(14)27)20(11)32-13(3)26)19(28)17(22)21(4,5)9-8-16(22)31-12(2)25/h14-20,27-29H,1,6-10H2,2-5H3/t14-,15-,16-,17+,18+,19-,20+,22+,23+,24+/m0/s1. The van der Waals surface area contributed by atoms with E-state index in [2.05, 4.69) is 20.4 Å². The van der Waals surface area contributed by atoms with Gasteiger partial charge < -0.3 is 29.5 Å². The number of esters is 2. The first kappa shape index (κ1) is 22.3. The van der Waals surface area contributed by atoms with Crippen LogP contribution in [0.1, 0.15) is 53.4 Å². The number of hydrogen-bond donors (Lipinski definition) is 3. The molecule has 0 radical (unpaired) electrons. The first-order valence-corrected chi connectivity index (χ1v) is 11.6. The van der Waals surface area contributed by atoms with E-state index in [1.165, 1.54) is 13.8 Å². The molecule has 2 heterocycles. The summed E-state index contributed by atoms with van der Waals surface area (Å²) in [5.74, 6) is -4.32. The second-order valence-corrected chi connectivity index (χ2v) is 11.3. The van der Waals surface area contributed by atoms with E-state index in [-0.39, 0.29) is 17.9 Å². The minimum atomic E-state index is -2.13. The Kier molecular flexibility index (Phi) is 4.57. The second-order valence-electron chi connectivity index (χ2n) is 11.3. The Balaban J connectivity index is 1.78. The summed E-state index contributed by atoms with van der Waals surface area (Å²) in [6.45, 7) is 11.0. The Morgan fingerprint density at radius 2 is 1.72 bits per heavy atom. The van der Waals surface area contributed by atoms with Gasteiger partial charge in [0.15, 0.2) is 0 Å². The Morgan fingerprint density at radius 1 is 1.06 bits per heavy atom. The van der Waals surface area contributed by atoms with Crippen molar-refractivity contribution in [1.29, 1.82) is 0 Å². The number of hydrogen-bond acceptors (Lipinski definition) is 8. The fourth-order valence-corrected chi connectivity index (χ4v) is 8.81. The summed E-state index contributed by atoms with van der Waals surface area (Å²) in [7, 11) is 0. The minimum absolute atomic E-state index is 0.0929. The molecular formula is C24H34O8. The lowest BCUT2D eigenvalue weighted by Gasteiger charge is -2.75. The maximum absolute atomic E-state index is 12.1. The smallest absolute Gasteiger partial charge is 0.303 e. The van der Waals surface area contributed by atoms with E-state index in [1.807, 2.05) is 0 Å². The van der Waals surface area contributed by atoms with Crippen LogP contribution in [0.25, 0.3) is 0 Å². The monoisotopic (exact) mass is 450 g/mol. The van der Waals surface area contributed by atoms with Gasteiger partial charge in [0.2, 0.25) is 5.79 Å². The molecule has 2 aliphatic heterocycles. The van der Waals surface area contributed by atoms with Crippen molar-refractivity contribution >= 4 is 11.9 Å². The molecular weight excluding hydrogens is 416 g/mol. The normalized spacial score (nSPS) is 52.7. The molecule has 8 nitrogen and oxygen atoms in total. The predicted molar refractivity (Wildman–Crippen MR) is 111 cm³/mol. The summed E-state index contributed by atoms with van der Waals surface area (Å²) >= 11 is 0. The van der Waals surface area contributed by atoms with Crippen LogP contribution in [-0.4, -0.2) is 64.1 Å². The largest absolute Gasteiger partial charge is 0.462 e. The molecule has 8 heteroatoms. The van der Waals surface area contributed by atoms with Crippen LogP contribution in [0.2, 0.25) is 0 Å². The third-order valence-electron chi connectivity index (χ3n) is 9.65. The average Bonchev–Trinajstić information content (AvgIpc) is 2.80. The van der Waals surface area contributed by atoms with Crippen LogP contribution < -0.4 is 0 Å². The topological polar surface area (TPSA) is 123 Å². The van der Waals surface area contributed by atoms with Gasteiger partial charge in [-0.05, 0) is 42.6 Å². The molecule has 4 aliphatic carbocycles. The fraction of sp³-hybridized carbons (Fsp3) is 0.833. The summed E-state index contributed by atoms with van der Waals surface area (Å²) in [5.41, 5.74) is -2.16. The van der Waals surface area contributed by atoms with Gasteiger partial charge in [-0.2, -0.15) is 0 Å². The third-order valence-corrected chi connectivity index (χ3v) is 9.65. The van der Waals surface area contributed by atoms with E-state index in [9.17, 15) is 24.9 Å². The number of ether oxygens (including phenoxy) is 3. The molecule has 3 N–H and O–H groups in total. The van der Waals surface area contributed by atoms with E-state index < -0.39 is 64.8 Å². The highest BCUT2D eigenvalue weighted by Gasteiger charge is 2.87. The fourth-order valence-electron chi connectivity index (χ4n) is 8.81. The van der Waals surface area contributed by atoms with Gasteiger partial charge in [-0.3, -0.25) is 9.59 Å². The van der Waals surface area contributed by atoms with Gasteiger partial charge in [-0.15, -0.1) is 0 Å². The molecule has 0 aromatic rings. The van der Waals surface area contributed by atoms with Crippen LogP contribution in [0, 0.1) is 34.0 Å². The average molecular weight is 451 g/mol. The van der Waals surface area contributed by atoms with Gasteiger partial charge >= 0.3 is 11.9 Å². The SMILES string of the molecule is C=C1[C@@H](OC(C)=O)[C@]23[C@H](O)[C@H]1CC[C@H]2[C@@]12CO[C@]3(O)[C@@H](O)[C@@H]1C(C)(C)CC[C@@H]2OC(C)=O. The zero-order chi connectivity index (χ0) is 23.4. The molecule has 4 saturated carbocycles. The maximum Gasteiger partial charge on any atom is 0.303 e. The van der Waals surface area contributed by atoms with Crippen molar-refractivity contribution in [2.24, 2.45) is 34.0 Å². The Hall–Kier alpha value is -1.48. The minimum Gasteiger partial charge on any atom is -0.462 e. The Bertz CT molecular complexity index is 883. The zero-order valence-corrected chi connectivity index (χ0v) is 19.2. The number of aliphatic hydroxyl groups excluding tert-OH is 2.